The number of aliphatic carboxylic acids is 1. The molecule has 4 N–H and O–H groups in total. The van der Waals surface area contributed by atoms with Crippen molar-refractivity contribution in [1.82, 2.24) is 10.2 Å². The van der Waals surface area contributed by atoms with Crippen LogP contribution in [0.5, 0.6) is 0 Å². The van der Waals surface area contributed by atoms with E-state index in [1.807, 2.05) is 13.8 Å². The third kappa shape index (κ3) is 4.61. The first kappa shape index (κ1) is 17.3. The molecule has 1 aliphatic heterocycles. The number of likely N-dealkylation sites (tertiary alicyclic amines) is 1. The molecule has 3 unspecified atom stereocenters. The highest BCUT2D eigenvalue weighted by Gasteiger charge is 2.36. The van der Waals surface area contributed by atoms with E-state index in [4.69, 9.17) is 5.73 Å². The van der Waals surface area contributed by atoms with E-state index in [1.54, 1.807) is 0 Å². The van der Waals surface area contributed by atoms with Crippen LogP contribution < -0.4 is 11.1 Å². The Morgan fingerprint density at radius 3 is 2.52 bits per heavy atom. The molecule has 7 nitrogen and oxygen atoms in total. The number of carbonyl (C=O) groups excluding carboxylic acids is 2. The van der Waals surface area contributed by atoms with Gasteiger partial charge in [0.25, 0.3) is 0 Å². The predicted octanol–water partition coefficient (Wildman–Crippen LogP) is 0.925. The quantitative estimate of drug-likeness (QED) is 0.700. The molecule has 1 saturated heterocycles. The summed E-state index contributed by atoms with van der Waals surface area (Å²) in [6.45, 7) is 4.15. The van der Waals surface area contributed by atoms with Gasteiger partial charge in [-0.15, -0.1) is 0 Å². The molecule has 7 heteroatoms. The molecule has 120 valence electrons. The molecular weight excluding hydrogens is 274 g/mol. The van der Waals surface area contributed by atoms with E-state index in [9.17, 15) is 19.5 Å². The number of carboxylic acid groups (broad SMARTS) is 1. The molecule has 0 saturated carbocycles. The summed E-state index contributed by atoms with van der Waals surface area (Å²) in [4.78, 5) is 36.6. The highest BCUT2D eigenvalue weighted by atomic mass is 16.4. The molecule has 1 aliphatic rings. The fraction of sp³-hybridized carbons (Fsp3) is 0.786. The summed E-state index contributed by atoms with van der Waals surface area (Å²) >= 11 is 0. The van der Waals surface area contributed by atoms with Crippen LogP contribution in [-0.4, -0.2) is 46.5 Å². The molecule has 0 radical (unpaired) electrons. The summed E-state index contributed by atoms with van der Waals surface area (Å²) in [6.07, 6.45) is 3.61. The summed E-state index contributed by atoms with van der Waals surface area (Å²) in [5.41, 5.74) is 5.14. The van der Waals surface area contributed by atoms with Gasteiger partial charge in [-0.05, 0) is 18.8 Å². The Balaban J connectivity index is 2.97. The van der Waals surface area contributed by atoms with Gasteiger partial charge in [-0.1, -0.05) is 33.1 Å². The lowest BCUT2D eigenvalue weighted by Gasteiger charge is -2.32. The van der Waals surface area contributed by atoms with Crippen LogP contribution in [0.2, 0.25) is 0 Å². The molecule has 0 spiro atoms. The van der Waals surface area contributed by atoms with Crippen molar-refractivity contribution >= 4 is 17.9 Å². The van der Waals surface area contributed by atoms with Gasteiger partial charge in [-0.2, -0.15) is 0 Å². The fourth-order valence-corrected chi connectivity index (χ4v) is 2.64. The molecule has 0 aromatic carbocycles. The Labute approximate surface area is 124 Å². The molecule has 1 heterocycles. The second-order valence-corrected chi connectivity index (χ2v) is 5.61. The van der Waals surface area contributed by atoms with Crippen LogP contribution in [0.1, 0.15) is 46.0 Å². The molecule has 3 amide bonds. The van der Waals surface area contributed by atoms with Crippen molar-refractivity contribution in [3.05, 3.63) is 0 Å². The Morgan fingerprint density at radius 1 is 1.33 bits per heavy atom. The molecule has 0 aromatic heterocycles. The zero-order valence-corrected chi connectivity index (χ0v) is 12.7. The van der Waals surface area contributed by atoms with Crippen LogP contribution in [0.25, 0.3) is 0 Å². The van der Waals surface area contributed by atoms with Crippen LogP contribution in [0.3, 0.4) is 0 Å². The van der Waals surface area contributed by atoms with Gasteiger partial charge < -0.3 is 21.1 Å². The first-order valence-corrected chi connectivity index (χ1v) is 7.47. The number of hydrogen-bond acceptors (Lipinski definition) is 3. The third-order valence-electron chi connectivity index (χ3n) is 4.10. The Hall–Kier alpha value is -1.79. The summed E-state index contributed by atoms with van der Waals surface area (Å²) < 4.78 is 0. The van der Waals surface area contributed by atoms with Crippen molar-refractivity contribution in [2.75, 3.05) is 6.54 Å². The standard InChI is InChI=1S/C14H25N3O4/c1-3-9(2)11(16-14(15)21)12(18)17-8-6-4-5-7-10(17)13(19)20/h9-11H,3-8H2,1-2H3,(H,19,20)(H3,15,16,21). The lowest BCUT2D eigenvalue weighted by molar-refractivity contribution is -0.151. The maximum atomic E-state index is 12.7. The Kier molecular flexibility index (Phi) is 6.45. The lowest BCUT2D eigenvalue weighted by atomic mass is 9.97. The first-order chi connectivity index (χ1) is 9.88. The molecule has 3 atom stereocenters. The molecule has 0 aromatic rings. The molecule has 1 fully saturated rings. The summed E-state index contributed by atoms with van der Waals surface area (Å²) in [6, 6.07) is -2.36. The summed E-state index contributed by atoms with van der Waals surface area (Å²) in [5.74, 6) is -1.45. The predicted molar refractivity (Wildman–Crippen MR) is 77.6 cm³/mol. The van der Waals surface area contributed by atoms with E-state index in [0.717, 1.165) is 19.3 Å². The fourth-order valence-electron chi connectivity index (χ4n) is 2.64. The monoisotopic (exact) mass is 299 g/mol. The van der Waals surface area contributed by atoms with Crippen LogP contribution in [-0.2, 0) is 9.59 Å². The first-order valence-electron chi connectivity index (χ1n) is 7.47. The lowest BCUT2D eigenvalue weighted by Crippen LogP contribution is -2.56. The number of hydrogen-bond donors (Lipinski definition) is 3. The van der Waals surface area contributed by atoms with E-state index < -0.39 is 24.1 Å². The van der Waals surface area contributed by atoms with Crippen LogP contribution in [0, 0.1) is 5.92 Å². The average Bonchev–Trinajstić information content (AvgIpc) is 2.68. The summed E-state index contributed by atoms with van der Waals surface area (Å²) in [7, 11) is 0. The number of carbonyl (C=O) groups is 3. The number of nitrogens with zero attached hydrogens (tertiary/aromatic N) is 1. The van der Waals surface area contributed by atoms with Crippen molar-refractivity contribution in [1.29, 1.82) is 0 Å². The van der Waals surface area contributed by atoms with Gasteiger partial charge in [0.2, 0.25) is 5.91 Å². The summed E-state index contributed by atoms with van der Waals surface area (Å²) in [5, 5.41) is 11.8. The van der Waals surface area contributed by atoms with Gasteiger partial charge in [0.15, 0.2) is 0 Å². The van der Waals surface area contributed by atoms with Gasteiger partial charge in [-0.25, -0.2) is 9.59 Å². The molecule has 0 aliphatic carbocycles. The maximum absolute atomic E-state index is 12.7. The number of nitrogens with one attached hydrogen (secondary N) is 1. The smallest absolute Gasteiger partial charge is 0.326 e. The number of urea groups is 1. The third-order valence-corrected chi connectivity index (χ3v) is 4.10. The average molecular weight is 299 g/mol. The highest BCUT2D eigenvalue weighted by Crippen LogP contribution is 2.20. The van der Waals surface area contributed by atoms with E-state index in [2.05, 4.69) is 5.32 Å². The second kappa shape index (κ2) is 7.85. The van der Waals surface area contributed by atoms with Crippen molar-refractivity contribution < 1.29 is 19.5 Å². The number of carboxylic acids is 1. The Morgan fingerprint density at radius 2 is 2.00 bits per heavy atom. The SMILES string of the molecule is CCC(C)C(NC(N)=O)C(=O)N1CCCCCC1C(=O)O. The molecule has 0 bridgehead atoms. The van der Waals surface area contributed by atoms with Gasteiger partial charge in [-0.3, -0.25) is 4.79 Å². The largest absolute Gasteiger partial charge is 0.480 e. The molecular formula is C14H25N3O4. The van der Waals surface area contributed by atoms with Crippen molar-refractivity contribution in [3.8, 4) is 0 Å². The number of amides is 3. The number of primary amides is 1. The molecule has 1 rings (SSSR count). The van der Waals surface area contributed by atoms with Gasteiger partial charge in [0, 0.05) is 6.54 Å². The van der Waals surface area contributed by atoms with Crippen LogP contribution in [0.4, 0.5) is 4.79 Å². The minimum atomic E-state index is -0.993. The van der Waals surface area contributed by atoms with E-state index in [-0.39, 0.29) is 11.8 Å². The molecule has 21 heavy (non-hydrogen) atoms. The van der Waals surface area contributed by atoms with Crippen molar-refractivity contribution in [2.45, 2.75) is 58.0 Å². The minimum Gasteiger partial charge on any atom is -0.480 e. The van der Waals surface area contributed by atoms with Gasteiger partial charge in [0.05, 0.1) is 0 Å². The van der Waals surface area contributed by atoms with E-state index >= 15 is 0 Å². The number of nitrogens with two attached hydrogens (primary N) is 1. The van der Waals surface area contributed by atoms with E-state index in [1.165, 1.54) is 4.90 Å². The van der Waals surface area contributed by atoms with Gasteiger partial charge in [0.1, 0.15) is 12.1 Å². The van der Waals surface area contributed by atoms with Crippen LogP contribution in [0.15, 0.2) is 0 Å². The zero-order chi connectivity index (χ0) is 16.0. The zero-order valence-electron chi connectivity index (χ0n) is 12.7. The highest BCUT2D eigenvalue weighted by molar-refractivity contribution is 5.90. The minimum absolute atomic E-state index is 0.109. The Bertz CT molecular complexity index is 400. The van der Waals surface area contributed by atoms with Gasteiger partial charge >= 0.3 is 12.0 Å². The normalized spacial score (nSPS) is 22.0. The topological polar surface area (TPSA) is 113 Å². The van der Waals surface area contributed by atoms with Crippen molar-refractivity contribution in [3.63, 3.8) is 0 Å². The maximum Gasteiger partial charge on any atom is 0.326 e. The second-order valence-electron chi connectivity index (χ2n) is 5.61. The van der Waals surface area contributed by atoms with E-state index in [0.29, 0.717) is 19.4 Å². The number of rotatable bonds is 5. The van der Waals surface area contributed by atoms with Crippen molar-refractivity contribution in [2.24, 2.45) is 11.7 Å². The van der Waals surface area contributed by atoms with Crippen LogP contribution >= 0.6 is 0 Å².